The number of rotatable bonds is 3. The van der Waals surface area contributed by atoms with E-state index < -0.39 is 11.0 Å². The van der Waals surface area contributed by atoms with E-state index in [1.54, 1.807) is 0 Å². The second kappa shape index (κ2) is 6.30. The molecule has 1 aromatic rings. The van der Waals surface area contributed by atoms with Crippen LogP contribution in [0.1, 0.15) is 52.0 Å². The van der Waals surface area contributed by atoms with Crippen LogP contribution in [0.5, 0.6) is 0 Å². The molecule has 1 fully saturated rings. The van der Waals surface area contributed by atoms with Crippen molar-refractivity contribution in [3.63, 3.8) is 0 Å². The van der Waals surface area contributed by atoms with Crippen LogP contribution in [0, 0.1) is 0 Å². The van der Waals surface area contributed by atoms with E-state index in [2.05, 4.69) is 18.7 Å². The van der Waals surface area contributed by atoms with Crippen LogP contribution < -0.4 is 4.90 Å². The molecule has 0 radical (unpaired) electrons. The summed E-state index contributed by atoms with van der Waals surface area (Å²) in [4.78, 5) is 6.76. The molecule has 0 aromatic carbocycles. The largest absolute Gasteiger partial charge is 0.340 e. The Hall–Kier alpha value is -0.820. The maximum Gasteiger partial charge on any atom is 0.237 e. The highest BCUT2D eigenvalue weighted by Crippen LogP contribution is 2.20. The van der Waals surface area contributed by atoms with Crippen molar-refractivity contribution >= 4 is 34.2 Å². The van der Waals surface area contributed by atoms with Crippen molar-refractivity contribution in [3.05, 3.63) is 5.01 Å². The average molecular weight is 314 g/mol. The molecular formula is C13H22N4OS2. The molecule has 20 heavy (non-hydrogen) atoms. The van der Waals surface area contributed by atoms with Gasteiger partial charge < -0.3 is 4.90 Å². The van der Waals surface area contributed by atoms with Gasteiger partial charge in [0.2, 0.25) is 5.95 Å². The van der Waals surface area contributed by atoms with Gasteiger partial charge in [0.15, 0.2) is 5.01 Å². The summed E-state index contributed by atoms with van der Waals surface area (Å²) in [5.41, 5.74) is 0.707. The first-order valence-electron chi connectivity index (χ1n) is 6.94. The average Bonchev–Trinajstić information content (AvgIpc) is 2.88. The monoisotopic (exact) mass is 314 g/mol. The molecule has 0 aliphatic carbocycles. The van der Waals surface area contributed by atoms with Crippen molar-refractivity contribution in [2.24, 2.45) is 4.40 Å². The zero-order chi connectivity index (χ0) is 14.8. The molecule has 7 heteroatoms. The molecule has 0 N–H and O–H groups in total. The van der Waals surface area contributed by atoms with Gasteiger partial charge >= 0.3 is 0 Å². The van der Waals surface area contributed by atoms with Crippen molar-refractivity contribution in [2.45, 2.75) is 51.7 Å². The first kappa shape index (κ1) is 15.6. The van der Waals surface area contributed by atoms with Crippen molar-refractivity contribution in [2.75, 3.05) is 18.0 Å². The van der Waals surface area contributed by atoms with Crippen LogP contribution in [-0.4, -0.2) is 37.1 Å². The fourth-order valence-corrected chi connectivity index (χ4v) is 3.18. The van der Waals surface area contributed by atoms with Gasteiger partial charge in [-0.15, -0.1) is 0 Å². The molecule has 1 saturated heterocycles. The van der Waals surface area contributed by atoms with Crippen LogP contribution in [0.25, 0.3) is 0 Å². The molecule has 1 aliphatic rings. The number of hydrogen-bond acceptors (Lipinski definition) is 5. The highest BCUT2D eigenvalue weighted by molar-refractivity contribution is 7.85. The molecule has 1 aromatic heterocycles. The zero-order valence-corrected chi connectivity index (χ0v) is 14.2. The van der Waals surface area contributed by atoms with E-state index in [4.69, 9.17) is 0 Å². The van der Waals surface area contributed by atoms with Gasteiger partial charge in [-0.2, -0.15) is 13.8 Å². The summed E-state index contributed by atoms with van der Waals surface area (Å²) in [7, 11) is -1.25. The molecule has 112 valence electrons. The summed E-state index contributed by atoms with van der Waals surface area (Å²) in [5, 5.41) is 0.767. The molecular weight excluding hydrogens is 292 g/mol. The topological polar surface area (TPSA) is 58.5 Å². The second-order valence-corrected chi connectivity index (χ2v) is 8.64. The summed E-state index contributed by atoms with van der Waals surface area (Å²) in [6.07, 6.45) is 3.70. The summed E-state index contributed by atoms with van der Waals surface area (Å²) in [6, 6.07) is 0. The van der Waals surface area contributed by atoms with Gasteiger partial charge in [-0.25, -0.2) is 4.21 Å². The summed E-state index contributed by atoms with van der Waals surface area (Å²) >= 11 is 1.34. The summed E-state index contributed by atoms with van der Waals surface area (Å²) < 4.78 is 20.3. The fraction of sp³-hybridized carbons (Fsp3) is 0.769. The number of aromatic nitrogens is 2. The smallest absolute Gasteiger partial charge is 0.237 e. The van der Waals surface area contributed by atoms with E-state index in [9.17, 15) is 4.21 Å². The molecule has 1 atom stereocenters. The van der Waals surface area contributed by atoms with E-state index >= 15 is 0 Å². The Labute approximate surface area is 127 Å². The van der Waals surface area contributed by atoms with Crippen LogP contribution in [-0.2, 0) is 11.0 Å². The Morgan fingerprint density at radius 3 is 2.55 bits per heavy atom. The fourth-order valence-electron chi connectivity index (χ4n) is 1.89. The molecule has 0 bridgehead atoms. The Morgan fingerprint density at radius 2 is 1.95 bits per heavy atom. The predicted molar refractivity (Wildman–Crippen MR) is 86.1 cm³/mol. The minimum absolute atomic E-state index is 0.346. The van der Waals surface area contributed by atoms with Gasteiger partial charge in [-0.05, 0) is 58.5 Å². The standard InChI is InChI=1S/C13H22N4OS2/c1-10(16-20(18)13(2,3)4)11-14-12(15-19-11)17-8-6-5-7-9-17/h5-9H2,1-4H3/b16-10+/t20-/m0/s1. The van der Waals surface area contributed by atoms with Gasteiger partial charge in [-0.3, -0.25) is 0 Å². The SMILES string of the molecule is C/C(=N\[S@@](=O)C(C)(C)C)c1nc(N2CCCCC2)ns1. The second-order valence-electron chi connectivity index (χ2n) is 5.99. The highest BCUT2D eigenvalue weighted by atomic mass is 32.2. The van der Waals surface area contributed by atoms with Crippen LogP contribution in [0.3, 0.4) is 0 Å². The normalized spacial score (nSPS) is 19.2. The third-order valence-electron chi connectivity index (χ3n) is 3.11. The Balaban J connectivity index is 2.11. The number of nitrogens with zero attached hydrogens (tertiary/aromatic N) is 4. The quantitative estimate of drug-likeness (QED) is 0.805. The summed E-state index contributed by atoms with van der Waals surface area (Å²) in [5.74, 6) is 0.792. The predicted octanol–water partition coefficient (Wildman–Crippen LogP) is 2.80. The van der Waals surface area contributed by atoms with Crippen molar-refractivity contribution in [1.29, 1.82) is 0 Å². The Morgan fingerprint density at radius 1 is 1.30 bits per heavy atom. The lowest BCUT2D eigenvalue weighted by atomic mass is 10.1. The molecule has 0 saturated carbocycles. The Kier molecular flexibility index (Phi) is 4.90. The Bertz CT molecular complexity index is 513. The molecule has 2 heterocycles. The molecule has 0 unspecified atom stereocenters. The van der Waals surface area contributed by atoms with Crippen LogP contribution in [0.15, 0.2) is 4.40 Å². The van der Waals surface area contributed by atoms with Gasteiger partial charge in [0.1, 0.15) is 11.0 Å². The number of piperidine rings is 1. The molecule has 5 nitrogen and oxygen atoms in total. The van der Waals surface area contributed by atoms with E-state index in [1.165, 1.54) is 30.8 Å². The maximum absolute atomic E-state index is 12.0. The van der Waals surface area contributed by atoms with E-state index in [1.807, 2.05) is 27.7 Å². The lowest BCUT2D eigenvalue weighted by Crippen LogP contribution is -2.30. The summed E-state index contributed by atoms with van der Waals surface area (Å²) in [6.45, 7) is 9.65. The van der Waals surface area contributed by atoms with Crippen LogP contribution >= 0.6 is 11.5 Å². The van der Waals surface area contributed by atoms with Gasteiger partial charge in [0, 0.05) is 13.1 Å². The highest BCUT2D eigenvalue weighted by Gasteiger charge is 2.21. The first-order chi connectivity index (χ1) is 9.38. The minimum Gasteiger partial charge on any atom is -0.340 e. The molecule has 2 rings (SSSR count). The lowest BCUT2D eigenvalue weighted by Gasteiger charge is -2.25. The zero-order valence-electron chi connectivity index (χ0n) is 12.5. The van der Waals surface area contributed by atoms with Crippen molar-refractivity contribution in [1.82, 2.24) is 9.36 Å². The van der Waals surface area contributed by atoms with Crippen molar-refractivity contribution < 1.29 is 4.21 Å². The van der Waals surface area contributed by atoms with E-state index in [0.29, 0.717) is 5.71 Å². The minimum atomic E-state index is -1.25. The van der Waals surface area contributed by atoms with Crippen molar-refractivity contribution in [3.8, 4) is 0 Å². The van der Waals surface area contributed by atoms with Gasteiger partial charge in [-0.1, -0.05) is 0 Å². The molecule has 1 aliphatic heterocycles. The third kappa shape index (κ3) is 3.85. The first-order valence-corrected chi connectivity index (χ1v) is 8.82. The number of anilines is 1. The van der Waals surface area contributed by atoms with E-state index in [0.717, 1.165) is 24.0 Å². The van der Waals surface area contributed by atoms with Crippen LogP contribution in [0.4, 0.5) is 5.95 Å². The maximum atomic E-state index is 12.0. The lowest BCUT2D eigenvalue weighted by molar-refractivity contribution is 0.570. The molecule has 0 amide bonds. The van der Waals surface area contributed by atoms with Crippen LogP contribution in [0.2, 0.25) is 0 Å². The van der Waals surface area contributed by atoms with Gasteiger partial charge in [0.25, 0.3) is 0 Å². The number of hydrogen-bond donors (Lipinski definition) is 0. The van der Waals surface area contributed by atoms with Gasteiger partial charge in [0.05, 0.1) is 10.5 Å². The molecule has 0 spiro atoms. The third-order valence-corrected chi connectivity index (χ3v) is 5.41. The van der Waals surface area contributed by atoms with E-state index in [-0.39, 0.29) is 4.75 Å².